The van der Waals surface area contributed by atoms with E-state index in [2.05, 4.69) is 15.5 Å². The van der Waals surface area contributed by atoms with Gasteiger partial charge < -0.3 is 9.64 Å². The largest absolute Gasteiger partial charge is 0.444 e. The summed E-state index contributed by atoms with van der Waals surface area (Å²) < 4.78 is 7.46. The van der Waals surface area contributed by atoms with Gasteiger partial charge in [-0.2, -0.15) is 0 Å². The molecular weight excluding hydrogens is 442 g/mol. The molecule has 8 nitrogen and oxygen atoms in total. The summed E-state index contributed by atoms with van der Waals surface area (Å²) in [6.07, 6.45) is 2.98. The van der Waals surface area contributed by atoms with Crippen molar-refractivity contribution >= 4 is 34.1 Å². The average molecular weight is 472 g/mol. The van der Waals surface area contributed by atoms with Gasteiger partial charge in [0.2, 0.25) is 0 Å². The smallest absolute Gasteiger partial charge is 0.412 e. The summed E-state index contributed by atoms with van der Waals surface area (Å²) in [5, 5.41) is 13.4. The second-order valence-corrected chi connectivity index (χ2v) is 9.93. The Morgan fingerprint density at radius 1 is 0.971 bits per heavy atom. The van der Waals surface area contributed by atoms with Gasteiger partial charge in [-0.15, -0.1) is 10.2 Å². The number of rotatable bonds is 3. The van der Waals surface area contributed by atoms with E-state index in [1.54, 1.807) is 0 Å². The van der Waals surface area contributed by atoms with Crippen LogP contribution in [-0.2, 0) is 4.74 Å². The number of likely N-dealkylation sites (tertiary alicyclic amines) is 1. The molecule has 1 saturated heterocycles. The number of ether oxygens (including phenoxy) is 1. The topological polar surface area (TPSA) is 88.8 Å². The van der Waals surface area contributed by atoms with Gasteiger partial charge in [-0.3, -0.25) is 14.5 Å². The lowest BCUT2D eigenvalue weighted by Gasteiger charge is -2.32. The van der Waals surface area contributed by atoms with Crippen LogP contribution in [0.15, 0.2) is 60.8 Å². The lowest BCUT2D eigenvalue weighted by molar-refractivity contribution is 0.0636. The molecule has 1 aliphatic rings. The van der Waals surface area contributed by atoms with Crippen molar-refractivity contribution in [1.82, 2.24) is 19.5 Å². The van der Waals surface area contributed by atoms with Gasteiger partial charge in [0.1, 0.15) is 11.4 Å². The van der Waals surface area contributed by atoms with E-state index in [9.17, 15) is 9.59 Å². The summed E-state index contributed by atoms with van der Waals surface area (Å²) in [5.74, 6) is 1.06. The van der Waals surface area contributed by atoms with Gasteiger partial charge in [0.05, 0.1) is 11.3 Å². The summed E-state index contributed by atoms with van der Waals surface area (Å²) in [6, 6.07) is 17.3. The van der Waals surface area contributed by atoms with E-state index in [0.717, 1.165) is 35.1 Å². The Balaban J connectivity index is 1.37. The van der Waals surface area contributed by atoms with Crippen molar-refractivity contribution in [1.29, 1.82) is 0 Å². The highest BCUT2D eigenvalue weighted by Crippen LogP contribution is 2.31. The molecule has 35 heavy (non-hydrogen) atoms. The van der Waals surface area contributed by atoms with E-state index in [0.29, 0.717) is 24.3 Å². The quantitative estimate of drug-likeness (QED) is 0.441. The second-order valence-electron chi connectivity index (χ2n) is 9.93. The minimum Gasteiger partial charge on any atom is -0.444 e. The van der Waals surface area contributed by atoms with Crippen LogP contribution in [0.4, 0.5) is 10.5 Å². The van der Waals surface area contributed by atoms with E-state index in [1.165, 1.54) is 0 Å². The third kappa shape index (κ3) is 4.82. The van der Waals surface area contributed by atoms with Crippen LogP contribution in [-0.4, -0.2) is 50.2 Å². The van der Waals surface area contributed by atoms with Crippen molar-refractivity contribution in [3.8, 4) is 0 Å². The number of carbonyl (C=O) groups excluding carboxylic acids is 2. The van der Waals surface area contributed by atoms with Crippen molar-refractivity contribution in [3.05, 3.63) is 72.2 Å². The van der Waals surface area contributed by atoms with Crippen LogP contribution in [0.3, 0.4) is 0 Å². The molecule has 180 valence electrons. The highest BCUT2D eigenvalue weighted by molar-refractivity contribution is 6.07. The van der Waals surface area contributed by atoms with Crippen LogP contribution in [0.2, 0.25) is 0 Å². The first-order valence-electron chi connectivity index (χ1n) is 11.9. The Labute approximate surface area is 203 Å². The molecule has 4 aromatic rings. The van der Waals surface area contributed by atoms with E-state index in [1.807, 2.05) is 90.9 Å². The fraction of sp³-hybridized carbons (Fsp3) is 0.333. The van der Waals surface area contributed by atoms with Crippen LogP contribution in [0.25, 0.3) is 16.4 Å². The van der Waals surface area contributed by atoms with Crippen molar-refractivity contribution in [2.45, 2.75) is 45.1 Å². The lowest BCUT2D eigenvalue weighted by atomic mass is 9.95. The fourth-order valence-electron chi connectivity index (χ4n) is 4.58. The zero-order valence-electron chi connectivity index (χ0n) is 20.2. The first-order valence-corrected chi connectivity index (χ1v) is 11.9. The third-order valence-corrected chi connectivity index (χ3v) is 6.24. The molecule has 2 aromatic heterocycles. The molecule has 0 unspecified atom stereocenters. The number of anilines is 1. The number of pyridine rings is 1. The second kappa shape index (κ2) is 9.02. The normalized spacial score (nSPS) is 14.9. The Bertz CT molecular complexity index is 1400. The van der Waals surface area contributed by atoms with E-state index < -0.39 is 11.7 Å². The number of benzene rings is 2. The van der Waals surface area contributed by atoms with Crippen molar-refractivity contribution < 1.29 is 14.3 Å². The number of nitrogens with one attached hydrogen (secondary N) is 1. The number of piperidine rings is 1. The Kier molecular flexibility index (Phi) is 5.88. The number of hydrogen-bond donors (Lipinski definition) is 1. The highest BCUT2D eigenvalue weighted by Gasteiger charge is 2.29. The standard InChI is InChI=1S/C27H29N5O3/c1-27(2,3)35-26(34)28-22-17-20-9-5-4-8-19(20)16-21(22)25(33)31-14-11-18(12-15-31)24-30-29-23-10-6-7-13-32(23)24/h4-10,13,16-18H,11-12,14-15H2,1-3H3,(H,28,34). The SMILES string of the molecule is CC(C)(C)OC(=O)Nc1cc2ccccc2cc1C(=O)N1CCC(c2nnc3ccccn23)CC1. The van der Waals surface area contributed by atoms with E-state index in [-0.39, 0.29) is 11.8 Å². The molecule has 0 atom stereocenters. The molecule has 0 bridgehead atoms. The van der Waals surface area contributed by atoms with Gasteiger partial charge >= 0.3 is 6.09 Å². The summed E-state index contributed by atoms with van der Waals surface area (Å²) in [7, 11) is 0. The molecular formula is C27H29N5O3. The zero-order valence-corrected chi connectivity index (χ0v) is 20.2. The predicted octanol–water partition coefficient (Wildman–Crippen LogP) is 5.25. The van der Waals surface area contributed by atoms with Gasteiger partial charge in [-0.05, 0) is 68.7 Å². The Hall–Kier alpha value is -3.94. The maximum absolute atomic E-state index is 13.6. The van der Waals surface area contributed by atoms with Crippen molar-refractivity contribution in [2.24, 2.45) is 0 Å². The molecule has 0 aliphatic carbocycles. The lowest BCUT2D eigenvalue weighted by Crippen LogP contribution is -2.38. The first-order chi connectivity index (χ1) is 16.8. The van der Waals surface area contributed by atoms with E-state index in [4.69, 9.17) is 4.74 Å². The van der Waals surface area contributed by atoms with Gasteiger partial charge in [0.25, 0.3) is 5.91 Å². The minimum absolute atomic E-state index is 0.105. The summed E-state index contributed by atoms with van der Waals surface area (Å²) in [5.41, 5.74) is 1.10. The molecule has 0 spiro atoms. The number of hydrogen-bond acceptors (Lipinski definition) is 5. The van der Waals surface area contributed by atoms with Gasteiger partial charge in [-0.1, -0.05) is 30.3 Å². The Morgan fingerprint density at radius 2 is 1.66 bits per heavy atom. The predicted molar refractivity (Wildman–Crippen MR) is 135 cm³/mol. The van der Waals surface area contributed by atoms with Crippen LogP contribution < -0.4 is 5.32 Å². The number of amides is 2. The maximum Gasteiger partial charge on any atom is 0.412 e. The number of nitrogens with zero attached hydrogens (tertiary/aromatic N) is 4. The molecule has 2 aromatic carbocycles. The molecule has 0 saturated carbocycles. The van der Waals surface area contributed by atoms with Crippen LogP contribution >= 0.6 is 0 Å². The molecule has 1 fully saturated rings. The van der Waals surface area contributed by atoms with Gasteiger partial charge in [0.15, 0.2) is 5.65 Å². The summed E-state index contributed by atoms with van der Waals surface area (Å²) in [4.78, 5) is 28.0. The summed E-state index contributed by atoms with van der Waals surface area (Å²) >= 11 is 0. The molecule has 8 heteroatoms. The number of aromatic nitrogens is 3. The fourth-order valence-corrected chi connectivity index (χ4v) is 4.58. The van der Waals surface area contributed by atoms with Crippen molar-refractivity contribution in [3.63, 3.8) is 0 Å². The first kappa shape index (κ1) is 22.8. The highest BCUT2D eigenvalue weighted by atomic mass is 16.6. The van der Waals surface area contributed by atoms with Gasteiger partial charge in [-0.25, -0.2) is 4.79 Å². The number of fused-ring (bicyclic) bond motifs is 2. The molecule has 1 N–H and O–H groups in total. The van der Waals surface area contributed by atoms with Crippen LogP contribution in [0.1, 0.15) is 55.7 Å². The van der Waals surface area contributed by atoms with Crippen molar-refractivity contribution in [2.75, 3.05) is 18.4 Å². The summed E-state index contributed by atoms with van der Waals surface area (Å²) in [6.45, 7) is 6.62. The minimum atomic E-state index is -0.640. The monoisotopic (exact) mass is 471 g/mol. The molecule has 3 heterocycles. The maximum atomic E-state index is 13.6. The van der Waals surface area contributed by atoms with Gasteiger partial charge in [0, 0.05) is 25.2 Å². The molecule has 2 amide bonds. The molecule has 5 rings (SSSR count). The van der Waals surface area contributed by atoms with E-state index >= 15 is 0 Å². The molecule has 0 radical (unpaired) electrons. The van der Waals surface area contributed by atoms with Crippen LogP contribution in [0.5, 0.6) is 0 Å². The number of carbonyl (C=O) groups is 2. The molecule has 1 aliphatic heterocycles. The van der Waals surface area contributed by atoms with Crippen LogP contribution in [0, 0.1) is 0 Å². The zero-order chi connectivity index (χ0) is 24.6. The average Bonchev–Trinajstić information content (AvgIpc) is 3.26. The third-order valence-electron chi connectivity index (χ3n) is 6.24. The Morgan fingerprint density at radius 3 is 2.37 bits per heavy atom.